The average molecular weight is 150 g/mol. The molecule has 1 aliphatic rings. The maximum atomic E-state index is 10.8. The SMILES string of the molecule is O=C1N=Nc2ccnc(=O)n21. The molecule has 0 atom stereocenters. The Bertz CT molecular complexity index is 405. The Morgan fingerprint density at radius 1 is 1.27 bits per heavy atom. The Hall–Kier alpha value is -1.85. The van der Waals surface area contributed by atoms with Gasteiger partial charge in [0.2, 0.25) is 0 Å². The summed E-state index contributed by atoms with van der Waals surface area (Å²) in [6.07, 6.45) is 1.28. The molecule has 0 saturated carbocycles. The van der Waals surface area contributed by atoms with Gasteiger partial charge in [-0.15, -0.1) is 5.11 Å². The van der Waals surface area contributed by atoms with Crippen molar-refractivity contribution in [2.75, 3.05) is 0 Å². The molecule has 0 aromatic carbocycles. The number of aromatic nitrogens is 2. The lowest BCUT2D eigenvalue weighted by atomic mass is 10.6. The number of hydrogen-bond acceptors (Lipinski definition) is 4. The molecule has 6 nitrogen and oxygen atoms in total. The van der Waals surface area contributed by atoms with Gasteiger partial charge < -0.3 is 0 Å². The highest BCUT2D eigenvalue weighted by Crippen LogP contribution is 2.14. The standard InChI is InChI=1S/C5H2N4O2/c10-4-6-2-1-3-7-8-5(11)9(3)4/h1-2H. The topological polar surface area (TPSA) is 76.7 Å². The van der Waals surface area contributed by atoms with Crippen molar-refractivity contribution in [2.45, 2.75) is 0 Å². The monoisotopic (exact) mass is 150 g/mol. The molecule has 11 heavy (non-hydrogen) atoms. The van der Waals surface area contributed by atoms with Gasteiger partial charge in [0.15, 0.2) is 5.82 Å². The highest BCUT2D eigenvalue weighted by Gasteiger charge is 2.16. The number of rotatable bonds is 0. The molecule has 0 spiro atoms. The van der Waals surface area contributed by atoms with Crippen molar-refractivity contribution in [3.63, 3.8) is 0 Å². The molecular weight excluding hydrogens is 148 g/mol. The predicted octanol–water partition coefficient (Wildman–Crippen LogP) is 0.309. The molecule has 1 aliphatic heterocycles. The molecule has 54 valence electrons. The van der Waals surface area contributed by atoms with Crippen molar-refractivity contribution >= 4 is 11.8 Å². The highest BCUT2D eigenvalue weighted by atomic mass is 16.2. The van der Waals surface area contributed by atoms with Gasteiger partial charge in [-0.2, -0.15) is 4.57 Å². The number of nitrogens with zero attached hydrogens (tertiary/aromatic N) is 4. The molecule has 0 aliphatic carbocycles. The van der Waals surface area contributed by atoms with Crippen LogP contribution in [0.15, 0.2) is 27.3 Å². The van der Waals surface area contributed by atoms with E-state index in [9.17, 15) is 9.59 Å². The molecule has 2 rings (SSSR count). The number of carbonyl (C=O) groups is 1. The number of hydrogen-bond donors (Lipinski definition) is 0. The number of azo groups is 1. The number of fused-ring (bicyclic) bond motifs is 1. The average Bonchev–Trinajstić information content (AvgIpc) is 2.34. The van der Waals surface area contributed by atoms with Crippen LogP contribution in [0.4, 0.5) is 10.6 Å². The zero-order valence-corrected chi connectivity index (χ0v) is 5.26. The van der Waals surface area contributed by atoms with Crippen LogP contribution in [-0.4, -0.2) is 15.6 Å². The van der Waals surface area contributed by atoms with Crippen LogP contribution in [0.1, 0.15) is 0 Å². The first-order valence-corrected chi connectivity index (χ1v) is 2.83. The maximum absolute atomic E-state index is 10.8. The molecule has 1 aromatic heterocycles. The first-order chi connectivity index (χ1) is 5.29. The molecule has 0 radical (unpaired) electrons. The second kappa shape index (κ2) is 1.82. The molecule has 0 fully saturated rings. The minimum absolute atomic E-state index is 0.231. The van der Waals surface area contributed by atoms with Gasteiger partial charge in [-0.05, 0) is 0 Å². The van der Waals surface area contributed by atoms with Crippen LogP contribution >= 0.6 is 0 Å². The van der Waals surface area contributed by atoms with Gasteiger partial charge in [0, 0.05) is 12.3 Å². The third-order valence-electron chi connectivity index (χ3n) is 1.26. The first kappa shape index (κ1) is 5.90. The van der Waals surface area contributed by atoms with Crippen LogP contribution in [0.5, 0.6) is 0 Å². The molecule has 0 bridgehead atoms. The molecule has 2 heterocycles. The number of carbonyl (C=O) groups excluding carboxylic acids is 1. The quantitative estimate of drug-likeness (QED) is 0.533. The summed E-state index contributed by atoms with van der Waals surface area (Å²) >= 11 is 0. The molecule has 0 unspecified atom stereocenters. The van der Waals surface area contributed by atoms with Crippen LogP contribution in [0, 0.1) is 0 Å². The van der Waals surface area contributed by atoms with Crippen LogP contribution in [-0.2, 0) is 0 Å². The Balaban J connectivity index is 2.85. The predicted molar refractivity (Wildman–Crippen MR) is 33.8 cm³/mol. The van der Waals surface area contributed by atoms with Crippen molar-refractivity contribution < 1.29 is 4.79 Å². The van der Waals surface area contributed by atoms with Crippen molar-refractivity contribution in [1.82, 2.24) is 9.55 Å². The zero-order valence-electron chi connectivity index (χ0n) is 5.26. The summed E-state index contributed by atoms with van der Waals surface area (Å²) in [6, 6.07) is 0.758. The van der Waals surface area contributed by atoms with Crippen LogP contribution in [0.2, 0.25) is 0 Å². The van der Waals surface area contributed by atoms with Gasteiger partial charge in [0.25, 0.3) is 0 Å². The smallest absolute Gasteiger partial charge is 0.245 e. The Labute approximate surface area is 60.2 Å². The van der Waals surface area contributed by atoms with Crippen LogP contribution in [0.3, 0.4) is 0 Å². The van der Waals surface area contributed by atoms with Gasteiger partial charge in [-0.1, -0.05) is 5.11 Å². The van der Waals surface area contributed by atoms with Gasteiger partial charge in [-0.3, -0.25) is 0 Å². The molecule has 6 heteroatoms. The van der Waals surface area contributed by atoms with Gasteiger partial charge in [-0.25, -0.2) is 14.6 Å². The van der Waals surface area contributed by atoms with E-state index >= 15 is 0 Å². The van der Waals surface area contributed by atoms with E-state index in [1.54, 1.807) is 0 Å². The maximum Gasteiger partial charge on any atom is 0.376 e. The Kier molecular flexibility index (Phi) is 0.974. The molecule has 0 saturated heterocycles. The van der Waals surface area contributed by atoms with Gasteiger partial charge >= 0.3 is 11.7 Å². The van der Waals surface area contributed by atoms with E-state index in [1.807, 2.05) is 0 Å². The van der Waals surface area contributed by atoms with Gasteiger partial charge in [0.1, 0.15) is 0 Å². The first-order valence-electron chi connectivity index (χ1n) is 2.83. The van der Waals surface area contributed by atoms with E-state index in [-0.39, 0.29) is 5.82 Å². The summed E-state index contributed by atoms with van der Waals surface area (Å²) in [6.45, 7) is 0. The highest BCUT2D eigenvalue weighted by molar-refractivity contribution is 5.82. The lowest BCUT2D eigenvalue weighted by Gasteiger charge is -1.91. The Morgan fingerprint density at radius 3 is 2.82 bits per heavy atom. The van der Waals surface area contributed by atoms with E-state index in [2.05, 4.69) is 15.2 Å². The summed E-state index contributed by atoms with van der Waals surface area (Å²) < 4.78 is 0.806. The van der Waals surface area contributed by atoms with E-state index < -0.39 is 11.7 Å². The third kappa shape index (κ3) is 0.689. The fourth-order valence-corrected chi connectivity index (χ4v) is 0.795. The second-order valence-corrected chi connectivity index (χ2v) is 1.90. The Morgan fingerprint density at radius 2 is 2.09 bits per heavy atom. The van der Waals surface area contributed by atoms with E-state index in [0.717, 1.165) is 4.57 Å². The second-order valence-electron chi connectivity index (χ2n) is 1.90. The summed E-state index contributed by atoms with van der Waals surface area (Å²) in [7, 11) is 0. The van der Waals surface area contributed by atoms with E-state index in [4.69, 9.17) is 0 Å². The lowest BCUT2D eigenvalue weighted by Crippen LogP contribution is -2.23. The normalized spacial score (nSPS) is 13.6. The van der Waals surface area contributed by atoms with Crippen molar-refractivity contribution in [1.29, 1.82) is 0 Å². The van der Waals surface area contributed by atoms with Gasteiger partial charge in [0.05, 0.1) is 0 Å². The summed E-state index contributed by atoms with van der Waals surface area (Å²) in [5.74, 6) is 0.231. The molecule has 1 aromatic rings. The fraction of sp³-hybridized carbons (Fsp3) is 0. The largest absolute Gasteiger partial charge is 0.376 e. The summed E-state index contributed by atoms with van der Waals surface area (Å²) in [5, 5.41) is 6.61. The third-order valence-corrected chi connectivity index (χ3v) is 1.26. The molecule has 0 N–H and O–H groups in total. The van der Waals surface area contributed by atoms with E-state index in [0.29, 0.717) is 0 Å². The van der Waals surface area contributed by atoms with Crippen LogP contribution in [0.25, 0.3) is 0 Å². The minimum atomic E-state index is -0.682. The molecular formula is C5H2N4O2. The van der Waals surface area contributed by atoms with E-state index in [1.165, 1.54) is 12.3 Å². The van der Waals surface area contributed by atoms with Crippen molar-refractivity contribution in [3.8, 4) is 0 Å². The van der Waals surface area contributed by atoms with Crippen LogP contribution < -0.4 is 5.69 Å². The van der Waals surface area contributed by atoms with Crippen molar-refractivity contribution in [3.05, 3.63) is 22.7 Å². The summed E-state index contributed by atoms with van der Waals surface area (Å²) in [5.41, 5.74) is -0.641. The minimum Gasteiger partial charge on any atom is -0.245 e. The molecule has 1 amide bonds. The number of amides is 1. The zero-order chi connectivity index (χ0) is 7.84. The lowest BCUT2D eigenvalue weighted by molar-refractivity contribution is 0.251. The fourth-order valence-electron chi connectivity index (χ4n) is 0.795. The summed E-state index contributed by atoms with van der Waals surface area (Å²) in [4.78, 5) is 24.9. The van der Waals surface area contributed by atoms with Crippen molar-refractivity contribution in [2.24, 2.45) is 10.2 Å².